The van der Waals surface area contributed by atoms with Gasteiger partial charge in [-0.2, -0.15) is 0 Å². The third-order valence-electron chi connectivity index (χ3n) is 1.88. The van der Waals surface area contributed by atoms with Crippen molar-refractivity contribution in [3.05, 3.63) is 17.8 Å². The third kappa shape index (κ3) is 2.24. The van der Waals surface area contributed by atoms with Crippen LogP contribution in [-0.4, -0.2) is 29.6 Å². The molecule has 13 heavy (non-hydrogen) atoms. The van der Waals surface area contributed by atoms with Crippen LogP contribution in [0.4, 0.5) is 5.82 Å². The van der Waals surface area contributed by atoms with Gasteiger partial charge in [0, 0.05) is 13.1 Å². The van der Waals surface area contributed by atoms with Crippen LogP contribution in [0.25, 0.3) is 0 Å². The molecular weight excluding hydrogens is 166 g/mol. The van der Waals surface area contributed by atoms with Crippen LogP contribution >= 0.6 is 0 Å². The van der Waals surface area contributed by atoms with Gasteiger partial charge in [0.25, 0.3) is 0 Å². The Hall–Kier alpha value is -1.45. The molecular formula is C9H13N3O. The minimum absolute atomic E-state index is 0.371. The van der Waals surface area contributed by atoms with Crippen molar-refractivity contribution in [1.82, 2.24) is 10.2 Å². The Kier molecular flexibility index (Phi) is 3.37. The van der Waals surface area contributed by atoms with Gasteiger partial charge >= 0.3 is 0 Å². The van der Waals surface area contributed by atoms with Crippen LogP contribution in [-0.2, 0) is 0 Å². The molecule has 0 aliphatic rings. The van der Waals surface area contributed by atoms with E-state index in [4.69, 9.17) is 0 Å². The Morgan fingerprint density at radius 1 is 1.31 bits per heavy atom. The van der Waals surface area contributed by atoms with E-state index in [1.807, 2.05) is 6.07 Å². The van der Waals surface area contributed by atoms with Crippen molar-refractivity contribution in [2.75, 3.05) is 18.0 Å². The first kappa shape index (κ1) is 9.64. The molecule has 0 saturated carbocycles. The van der Waals surface area contributed by atoms with E-state index in [0.717, 1.165) is 18.9 Å². The maximum atomic E-state index is 10.3. The molecule has 4 heteroatoms. The van der Waals surface area contributed by atoms with E-state index < -0.39 is 0 Å². The van der Waals surface area contributed by atoms with Crippen LogP contribution in [0.3, 0.4) is 0 Å². The normalized spacial score (nSPS) is 9.69. The molecule has 1 aromatic rings. The van der Waals surface area contributed by atoms with Crippen LogP contribution < -0.4 is 4.90 Å². The number of carbonyl (C=O) groups excluding carboxylic acids is 1. The SMILES string of the molecule is CCN(CC)c1ccc(C=O)nn1. The number of aromatic nitrogens is 2. The van der Waals surface area contributed by atoms with Gasteiger partial charge in [0.1, 0.15) is 5.69 Å². The average Bonchev–Trinajstić information content (AvgIpc) is 2.21. The van der Waals surface area contributed by atoms with E-state index in [1.165, 1.54) is 0 Å². The number of hydrogen-bond acceptors (Lipinski definition) is 4. The summed E-state index contributed by atoms with van der Waals surface area (Å²) in [5.74, 6) is 0.815. The fourth-order valence-corrected chi connectivity index (χ4v) is 1.11. The lowest BCUT2D eigenvalue weighted by atomic mass is 10.4. The highest BCUT2D eigenvalue weighted by Gasteiger charge is 2.02. The monoisotopic (exact) mass is 179 g/mol. The van der Waals surface area contributed by atoms with E-state index in [9.17, 15) is 4.79 Å². The molecule has 0 bridgehead atoms. The first-order valence-electron chi connectivity index (χ1n) is 4.35. The summed E-state index contributed by atoms with van der Waals surface area (Å²) in [5.41, 5.74) is 0.371. The predicted octanol–water partition coefficient (Wildman–Crippen LogP) is 1.14. The van der Waals surface area contributed by atoms with E-state index in [0.29, 0.717) is 12.0 Å². The van der Waals surface area contributed by atoms with Gasteiger partial charge in [-0.1, -0.05) is 0 Å². The molecule has 0 atom stereocenters. The molecule has 1 heterocycles. The van der Waals surface area contributed by atoms with Crippen molar-refractivity contribution in [2.24, 2.45) is 0 Å². The maximum absolute atomic E-state index is 10.3. The van der Waals surface area contributed by atoms with Crippen molar-refractivity contribution in [1.29, 1.82) is 0 Å². The molecule has 0 aliphatic carbocycles. The molecule has 0 radical (unpaired) electrons. The summed E-state index contributed by atoms with van der Waals surface area (Å²) in [4.78, 5) is 12.4. The van der Waals surface area contributed by atoms with Crippen molar-refractivity contribution < 1.29 is 4.79 Å². The van der Waals surface area contributed by atoms with E-state index >= 15 is 0 Å². The Morgan fingerprint density at radius 3 is 2.38 bits per heavy atom. The number of rotatable bonds is 4. The van der Waals surface area contributed by atoms with Crippen molar-refractivity contribution in [3.63, 3.8) is 0 Å². The molecule has 4 nitrogen and oxygen atoms in total. The summed E-state index contributed by atoms with van der Waals surface area (Å²) < 4.78 is 0. The second-order valence-electron chi connectivity index (χ2n) is 2.61. The largest absolute Gasteiger partial charge is 0.356 e. The summed E-state index contributed by atoms with van der Waals surface area (Å²) in [5, 5.41) is 7.69. The fraction of sp³-hybridized carbons (Fsp3) is 0.444. The molecule has 0 aromatic carbocycles. The molecule has 0 fully saturated rings. The zero-order chi connectivity index (χ0) is 9.68. The molecule has 0 amide bonds. The summed E-state index contributed by atoms with van der Waals surface area (Å²) in [6.07, 6.45) is 0.693. The zero-order valence-corrected chi connectivity index (χ0v) is 7.90. The molecule has 0 spiro atoms. The van der Waals surface area contributed by atoms with Crippen LogP contribution in [0.2, 0.25) is 0 Å². The number of carbonyl (C=O) groups is 1. The van der Waals surface area contributed by atoms with Gasteiger partial charge in [0.05, 0.1) is 0 Å². The predicted molar refractivity (Wildman–Crippen MR) is 51.0 cm³/mol. The minimum atomic E-state index is 0.371. The minimum Gasteiger partial charge on any atom is -0.356 e. The Morgan fingerprint density at radius 2 is 2.00 bits per heavy atom. The second-order valence-corrected chi connectivity index (χ2v) is 2.61. The first-order chi connectivity index (χ1) is 6.31. The van der Waals surface area contributed by atoms with Crippen LogP contribution in [0, 0.1) is 0 Å². The highest BCUT2D eigenvalue weighted by atomic mass is 16.1. The summed E-state index contributed by atoms with van der Waals surface area (Å²) >= 11 is 0. The molecule has 0 saturated heterocycles. The summed E-state index contributed by atoms with van der Waals surface area (Å²) in [6.45, 7) is 5.90. The maximum Gasteiger partial charge on any atom is 0.170 e. The summed E-state index contributed by atoms with van der Waals surface area (Å²) in [7, 11) is 0. The molecule has 0 aliphatic heterocycles. The number of anilines is 1. The van der Waals surface area contributed by atoms with Crippen LogP contribution in [0.1, 0.15) is 24.3 Å². The number of nitrogens with zero attached hydrogens (tertiary/aromatic N) is 3. The van der Waals surface area contributed by atoms with Gasteiger partial charge in [-0.3, -0.25) is 4.79 Å². The first-order valence-corrected chi connectivity index (χ1v) is 4.35. The molecule has 1 aromatic heterocycles. The fourth-order valence-electron chi connectivity index (χ4n) is 1.11. The van der Waals surface area contributed by atoms with Gasteiger partial charge < -0.3 is 4.90 Å². The van der Waals surface area contributed by atoms with Gasteiger partial charge in [0.2, 0.25) is 0 Å². The Bertz CT molecular complexity index is 267. The Balaban J connectivity index is 2.83. The average molecular weight is 179 g/mol. The highest BCUT2D eigenvalue weighted by molar-refractivity contribution is 5.71. The topological polar surface area (TPSA) is 46.1 Å². The molecule has 1 rings (SSSR count). The van der Waals surface area contributed by atoms with Crippen molar-refractivity contribution >= 4 is 12.1 Å². The van der Waals surface area contributed by atoms with E-state index in [-0.39, 0.29) is 0 Å². The molecule has 70 valence electrons. The summed E-state index contributed by atoms with van der Waals surface area (Å²) in [6, 6.07) is 3.48. The van der Waals surface area contributed by atoms with Gasteiger partial charge in [0.15, 0.2) is 12.1 Å². The number of aldehydes is 1. The lowest BCUT2D eigenvalue weighted by Gasteiger charge is -2.18. The van der Waals surface area contributed by atoms with E-state index in [1.54, 1.807) is 6.07 Å². The highest BCUT2D eigenvalue weighted by Crippen LogP contribution is 2.07. The lowest BCUT2D eigenvalue weighted by molar-refractivity contribution is 0.111. The van der Waals surface area contributed by atoms with E-state index in [2.05, 4.69) is 28.9 Å². The Labute approximate surface area is 77.6 Å². The standard InChI is InChI=1S/C9H13N3O/c1-3-12(4-2)9-6-5-8(7-13)10-11-9/h5-7H,3-4H2,1-2H3. The van der Waals surface area contributed by atoms with Crippen LogP contribution in [0.15, 0.2) is 12.1 Å². The third-order valence-corrected chi connectivity index (χ3v) is 1.88. The van der Waals surface area contributed by atoms with Gasteiger partial charge in [-0.25, -0.2) is 0 Å². The quantitative estimate of drug-likeness (QED) is 0.650. The second kappa shape index (κ2) is 4.54. The lowest BCUT2D eigenvalue weighted by Crippen LogP contribution is -2.23. The van der Waals surface area contributed by atoms with Gasteiger partial charge in [-0.15, -0.1) is 10.2 Å². The van der Waals surface area contributed by atoms with Crippen molar-refractivity contribution in [3.8, 4) is 0 Å². The molecule has 0 unspecified atom stereocenters. The zero-order valence-electron chi connectivity index (χ0n) is 7.90. The van der Waals surface area contributed by atoms with Crippen molar-refractivity contribution in [2.45, 2.75) is 13.8 Å². The van der Waals surface area contributed by atoms with Crippen LogP contribution in [0.5, 0.6) is 0 Å². The smallest absolute Gasteiger partial charge is 0.170 e. The molecule has 0 N–H and O–H groups in total. The number of hydrogen-bond donors (Lipinski definition) is 0. The van der Waals surface area contributed by atoms with Gasteiger partial charge in [-0.05, 0) is 26.0 Å².